The Morgan fingerprint density at radius 3 is 2.33 bits per heavy atom. The third kappa shape index (κ3) is 2.16. The zero-order chi connectivity index (χ0) is 12.4. The molecule has 0 fully saturated rings. The summed E-state index contributed by atoms with van der Waals surface area (Å²) in [5.41, 5.74) is 2.47. The summed E-state index contributed by atoms with van der Waals surface area (Å²) in [4.78, 5) is 0. The summed E-state index contributed by atoms with van der Waals surface area (Å²) in [5, 5.41) is 9.34. The number of halogens is 1. The monoisotopic (exact) mass is 256 g/mol. The van der Waals surface area contributed by atoms with Crippen LogP contribution < -0.4 is 0 Å². The maximum absolute atomic E-state index is 5.92. The lowest BCUT2D eigenvalue weighted by Crippen LogP contribution is -2.07. The summed E-state index contributed by atoms with van der Waals surface area (Å²) in [5.74, 6) is 0.340. The zero-order valence-corrected chi connectivity index (χ0v) is 10.6. The molecule has 2 unspecified atom stereocenters. The molecule has 2 aromatic carbocycles. The summed E-state index contributed by atoms with van der Waals surface area (Å²) in [6.45, 7) is 0.761. The number of benzene rings is 2. The second kappa shape index (κ2) is 4.91. The highest BCUT2D eigenvalue weighted by Crippen LogP contribution is 2.38. The number of rotatable bonds is 2. The van der Waals surface area contributed by atoms with Crippen molar-refractivity contribution in [3.05, 3.63) is 70.7 Å². The topological polar surface area (TPSA) is 24.7 Å². The number of azo groups is 1. The second-order valence-corrected chi connectivity index (χ2v) is 4.89. The molecular formula is C15H13ClN2. The van der Waals surface area contributed by atoms with E-state index in [9.17, 15) is 0 Å². The Hall–Kier alpha value is -1.67. The molecule has 2 nitrogen and oxygen atoms in total. The molecule has 0 aromatic heterocycles. The highest BCUT2D eigenvalue weighted by Gasteiger charge is 2.28. The van der Waals surface area contributed by atoms with Gasteiger partial charge in [-0.15, -0.1) is 0 Å². The molecule has 0 aliphatic carbocycles. The van der Waals surface area contributed by atoms with E-state index in [0.717, 1.165) is 11.6 Å². The summed E-state index contributed by atoms with van der Waals surface area (Å²) in [7, 11) is 0. The van der Waals surface area contributed by atoms with Crippen molar-refractivity contribution >= 4 is 11.6 Å². The van der Waals surface area contributed by atoms with Gasteiger partial charge in [-0.05, 0) is 23.3 Å². The fourth-order valence-electron chi connectivity index (χ4n) is 2.35. The van der Waals surface area contributed by atoms with Crippen LogP contribution in [0.2, 0.25) is 5.02 Å². The van der Waals surface area contributed by atoms with Crippen LogP contribution in [0.4, 0.5) is 0 Å². The predicted molar refractivity (Wildman–Crippen MR) is 73.1 cm³/mol. The maximum atomic E-state index is 5.92. The fourth-order valence-corrected chi connectivity index (χ4v) is 2.48. The van der Waals surface area contributed by atoms with Crippen LogP contribution in [0.1, 0.15) is 23.1 Å². The molecule has 0 spiro atoms. The van der Waals surface area contributed by atoms with Gasteiger partial charge in [-0.1, -0.05) is 54.1 Å². The van der Waals surface area contributed by atoms with Crippen LogP contribution in [-0.2, 0) is 0 Å². The molecule has 0 radical (unpaired) electrons. The smallest absolute Gasteiger partial charge is 0.104 e. The van der Waals surface area contributed by atoms with E-state index in [1.807, 2.05) is 30.3 Å². The summed E-state index contributed by atoms with van der Waals surface area (Å²) in [6, 6.07) is 18.4. The van der Waals surface area contributed by atoms with Crippen LogP contribution in [0, 0.1) is 0 Å². The minimum absolute atomic E-state index is 0.115. The normalized spacial score (nSPS) is 22.3. The van der Waals surface area contributed by atoms with Gasteiger partial charge in [0.25, 0.3) is 0 Å². The second-order valence-electron chi connectivity index (χ2n) is 4.45. The number of hydrogen-bond acceptors (Lipinski definition) is 2. The number of nitrogens with zero attached hydrogens (tertiary/aromatic N) is 2. The van der Waals surface area contributed by atoms with Gasteiger partial charge in [0.2, 0.25) is 0 Å². The molecule has 1 heterocycles. The average Bonchev–Trinajstić information content (AvgIpc) is 2.90. The van der Waals surface area contributed by atoms with Gasteiger partial charge < -0.3 is 0 Å². The predicted octanol–water partition coefficient (Wildman–Crippen LogP) is 4.63. The van der Waals surface area contributed by atoms with Gasteiger partial charge in [0.05, 0.1) is 6.54 Å². The van der Waals surface area contributed by atoms with Crippen LogP contribution in [0.15, 0.2) is 64.8 Å². The first-order valence-electron chi connectivity index (χ1n) is 6.01. The van der Waals surface area contributed by atoms with Gasteiger partial charge in [0.15, 0.2) is 0 Å². The minimum Gasteiger partial charge on any atom is -0.193 e. The van der Waals surface area contributed by atoms with Crippen LogP contribution >= 0.6 is 11.6 Å². The van der Waals surface area contributed by atoms with Gasteiger partial charge in [0, 0.05) is 10.9 Å². The molecule has 0 N–H and O–H groups in total. The third-order valence-corrected chi connectivity index (χ3v) is 3.56. The SMILES string of the molecule is Clc1ccc(C2N=NCC2c2ccccc2)cc1. The first-order valence-corrected chi connectivity index (χ1v) is 6.39. The van der Waals surface area contributed by atoms with Gasteiger partial charge >= 0.3 is 0 Å². The molecule has 18 heavy (non-hydrogen) atoms. The lowest BCUT2D eigenvalue weighted by molar-refractivity contribution is 0.635. The van der Waals surface area contributed by atoms with E-state index in [4.69, 9.17) is 11.6 Å². The molecule has 0 bridgehead atoms. The van der Waals surface area contributed by atoms with Crippen molar-refractivity contribution in [1.82, 2.24) is 0 Å². The molecule has 2 atom stereocenters. The van der Waals surface area contributed by atoms with E-state index in [1.54, 1.807) is 0 Å². The van der Waals surface area contributed by atoms with Crippen molar-refractivity contribution in [2.24, 2.45) is 10.2 Å². The van der Waals surface area contributed by atoms with Gasteiger partial charge in [-0.3, -0.25) is 0 Å². The molecule has 1 aliphatic rings. The summed E-state index contributed by atoms with van der Waals surface area (Å²) >= 11 is 5.92. The Bertz CT molecular complexity index is 548. The highest BCUT2D eigenvalue weighted by molar-refractivity contribution is 6.30. The highest BCUT2D eigenvalue weighted by atomic mass is 35.5. The van der Waals surface area contributed by atoms with Crippen LogP contribution in [0.25, 0.3) is 0 Å². The largest absolute Gasteiger partial charge is 0.193 e. The Kier molecular flexibility index (Phi) is 3.11. The molecule has 3 rings (SSSR count). The van der Waals surface area contributed by atoms with Crippen molar-refractivity contribution in [3.8, 4) is 0 Å². The van der Waals surface area contributed by atoms with Crippen molar-refractivity contribution in [3.63, 3.8) is 0 Å². The van der Waals surface area contributed by atoms with Crippen molar-refractivity contribution in [2.45, 2.75) is 12.0 Å². The molecule has 0 saturated carbocycles. The van der Waals surface area contributed by atoms with Crippen molar-refractivity contribution < 1.29 is 0 Å². The molecule has 1 aliphatic heterocycles. The minimum atomic E-state index is 0.115. The van der Waals surface area contributed by atoms with E-state index in [2.05, 4.69) is 34.5 Å². The Labute approximate surface area is 111 Å². The van der Waals surface area contributed by atoms with Gasteiger partial charge in [-0.25, -0.2) is 0 Å². The standard InChI is InChI=1S/C15H13ClN2/c16-13-8-6-12(7-9-13)15-14(10-17-18-15)11-4-2-1-3-5-11/h1-9,14-15H,10H2. The lowest BCUT2D eigenvalue weighted by atomic mass is 9.88. The Balaban J connectivity index is 1.91. The van der Waals surface area contributed by atoms with E-state index in [1.165, 1.54) is 11.1 Å². The molecule has 0 saturated heterocycles. The van der Waals surface area contributed by atoms with Gasteiger partial charge in [0.1, 0.15) is 6.04 Å². The maximum Gasteiger partial charge on any atom is 0.104 e. The molecule has 3 heteroatoms. The summed E-state index contributed by atoms with van der Waals surface area (Å²) in [6.07, 6.45) is 0. The Morgan fingerprint density at radius 1 is 0.889 bits per heavy atom. The van der Waals surface area contributed by atoms with Crippen LogP contribution in [0.5, 0.6) is 0 Å². The van der Waals surface area contributed by atoms with E-state index >= 15 is 0 Å². The van der Waals surface area contributed by atoms with Crippen LogP contribution in [-0.4, -0.2) is 6.54 Å². The van der Waals surface area contributed by atoms with E-state index in [-0.39, 0.29) is 6.04 Å². The first-order chi connectivity index (χ1) is 8.84. The number of hydrogen-bond donors (Lipinski definition) is 0. The first kappa shape index (κ1) is 11.4. The average molecular weight is 257 g/mol. The molecule has 2 aromatic rings. The van der Waals surface area contributed by atoms with Crippen molar-refractivity contribution in [1.29, 1.82) is 0 Å². The fraction of sp³-hybridized carbons (Fsp3) is 0.200. The molecule has 0 amide bonds. The quantitative estimate of drug-likeness (QED) is 0.748. The van der Waals surface area contributed by atoms with Gasteiger partial charge in [-0.2, -0.15) is 10.2 Å². The third-order valence-electron chi connectivity index (χ3n) is 3.30. The van der Waals surface area contributed by atoms with E-state index in [0.29, 0.717) is 5.92 Å². The zero-order valence-electron chi connectivity index (χ0n) is 9.83. The summed E-state index contributed by atoms with van der Waals surface area (Å²) < 4.78 is 0. The molecular weight excluding hydrogens is 244 g/mol. The lowest BCUT2D eigenvalue weighted by Gasteiger charge is -2.17. The molecule has 90 valence electrons. The van der Waals surface area contributed by atoms with E-state index < -0.39 is 0 Å². The van der Waals surface area contributed by atoms with Crippen LogP contribution in [0.3, 0.4) is 0 Å². The van der Waals surface area contributed by atoms with Crippen molar-refractivity contribution in [2.75, 3.05) is 6.54 Å². The Morgan fingerprint density at radius 2 is 1.61 bits per heavy atom.